The second-order valence-corrected chi connectivity index (χ2v) is 4.32. The monoisotopic (exact) mass is 316 g/mol. The number of rotatable bonds is 4. The maximum atomic E-state index is 11.6. The topological polar surface area (TPSA) is 26.3 Å². The van der Waals surface area contributed by atoms with Crippen molar-refractivity contribution in [2.45, 2.75) is 12.8 Å². The molecule has 0 heterocycles. The Morgan fingerprint density at radius 3 is 2.87 bits per heavy atom. The molecule has 1 rings (SSSR count). The third-order valence-corrected chi connectivity index (χ3v) is 3.05. The Morgan fingerprint density at radius 2 is 2.27 bits per heavy atom. The van der Waals surface area contributed by atoms with Gasteiger partial charge in [0.25, 0.3) is 0 Å². The van der Waals surface area contributed by atoms with Gasteiger partial charge in [0.05, 0.1) is 5.92 Å². The number of carbonyl (C=O) groups excluding carboxylic acids is 1. The van der Waals surface area contributed by atoms with Crippen LogP contribution in [-0.2, 0) is 9.53 Å². The first kappa shape index (κ1) is 12.2. The molecule has 0 aliphatic rings. The van der Waals surface area contributed by atoms with Crippen LogP contribution < -0.4 is 0 Å². The largest absolute Gasteiger partial charge is 0.461 e. The summed E-state index contributed by atoms with van der Waals surface area (Å²) in [5, 5.41) is 0. The fourth-order valence-electron chi connectivity index (χ4n) is 1.22. The quantitative estimate of drug-likeness (QED) is 0.485. The van der Waals surface area contributed by atoms with Gasteiger partial charge in [-0.05, 0) is 41.1 Å². The molecule has 0 N–H and O–H groups in total. The zero-order valence-corrected chi connectivity index (χ0v) is 10.7. The first-order valence-corrected chi connectivity index (χ1v) is 5.76. The lowest BCUT2D eigenvalue weighted by atomic mass is 10.0. The van der Waals surface area contributed by atoms with Gasteiger partial charge in [-0.1, -0.05) is 30.9 Å². The van der Waals surface area contributed by atoms with E-state index in [0.717, 1.165) is 9.13 Å². The van der Waals surface area contributed by atoms with Crippen molar-refractivity contribution in [1.29, 1.82) is 0 Å². The predicted octanol–water partition coefficient (Wildman–Crippen LogP) is 3.12. The minimum absolute atomic E-state index is 0.209. The number of carbonyl (C=O) groups is 1. The minimum Gasteiger partial charge on any atom is -0.461 e. The van der Waals surface area contributed by atoms with E-state index in [1.54, 1.807) is 6.08 Å². The zero-order valence-electron chi connectivity index (χ0n) is 8.57. The molecule has 0 spiro atoms. The third kappa shape index (κ3) is 3.34. The van der Waals surface area contributed by atoms with E-state index in [0.29, 0.717) is 0 Å². The molecule has 0 aliphatic carbocycles. The van der Waals surface area contributed by atoms with E-state index in [1.807, 2.05) is 31.2 Å². The van der Waals surface area contributed by atoms with E-state index in [1.165, 1.54) is 0 Å². The molecule has 1 aromatic carbocycles. The summed E-state index contributed by atoms with van der Waals surface area (Å²) in [5.41, 5.74) is 1.01. The highest BCUT2D eigenvalue weighted by atomic mass is 127. The molecular weight excluding hydrogens is 303 g/mol. The molecule has 0 unspecified atom stereocenters. The van der Waals surface area contributed by atoms with E-state index in [9.17, 15) is 4.79 Å². The number of ether oxygens (including phenoxy) is 1. The van der Waals surface area contributed by atoms with Gasteiger partial charge in [-0.2, -0.15) is 0 Å². The van der Waals surface area contributed by atoms with E-state index >= 15 is 0 Å². The zero-order chi connectivity index (χ0) is 11.3. The number of esters is 1. The smallest absolute Gasteiger partial charge is 0.313 e. The van der Waals surface area contributed by atoms with Crippen molar-refractivity contribution in [2.24, 2.45) is 0 Å². The Hall–Kier alpha value is -0.840. The number of benzene rings is 1. The maximum absolute atomic E-state index is 11.6. The van der Waals surface area contributed by atoms with Crippen molar-refractivity contribution in [3.8, 4) is 0 Å². The molecule has 80 valence electrons. The molecule has 0 aliphatic heterocycles. The fraction of sp³-hybridized carbons (Fsp3) is 0.250. The Balaban J connectivity index is 2.76. The third-order valence-electron chi connectivity index (χ3n) is 2.07. The van der Waals surface area contributed by atoms with Gasteiger partial charge in [-0.25, -0.2) is 0 Å². The van der Waals surface area contributed by atoms with Crippen molar-refractivity contribution in [2.75, 3.05) is 6.61 Å². The van der Waals surface area contributed by atoms with Crippen molar-refractivity contribution in [1.82, 2.24) is 0 Å². The Kier molecular flexibility index (Phi) is 4.81. The normalized spacial score (nSPS) is 11.9. The molecule has 1 atom stereocenters. The van der Waals surface area contributed by atoms with Crippen LogP contribution in [0.5, 0.6) is 0 Å². The van der Waals surface area contributed by atoms with Crippen LogP contribution in [0.25, 0.3) is 0 Å². The van der Waals surface area contributed by atoms with Crippen LogP contribution in [0.3, 0.4) is 0 Å². The summed E-state index contributed by atoms with van der Waals surface area (Å²) in [5.74, 6) is -0.433. The maximum Gasteiger partial charge on any atom is 0.313 e. The molecule has 0 radical (unpaired) electrons. The Morgan fingerprint density at radius 1 is 1.60 bits per heavy atom. The highest BCUT2D eigenvalue weighted by Crippen LogP contribution is 2.22. The molecule has 0 saturated carbocycles. The van der Waals surface area contributed by atoms with Crippen LogP contribution >= 0.6 is 22.6 Å². The summed E-state index contributed by atoms with van der Waals surface area (Å²) in [6, 6.07) is 7.80. The van der Waals surface area contributed by atoms with Gasteiger partial charge in [0.1, 0.15) is 6.61 Å². The van der Waals surface area contributed by atoms with Gasteiger partial charge in [-0.3, -0.25) is 4.79 Å². The van der Waals surface area contributed by atoms with Crippen LogP contribution in [-0.4, -0.2) is 12.6 Å². The second-order valence-electron chi connectivity index (χ2n) is 3.16. The summed E-state index contributed by atoms with van der Waals surface area (Å²) in [6.07, 6.45) is 1.57. The number of hydrogen-bond acceptors (Lipinski definition) is 2. The molecule has 0 aromatic heterocycles. The summed E-state index contributed by atoms with van der Waals surface area (Å²) in [7, 11) is 0. The Bertz CT molecular complexity index is 360. The van der Waals surface area contributed by atoms with E-state index in [2.05, 4.69) is 29.2 Å². The van der Waals surface area contributed by atoms with Gasteiger partial charge < -0.3 is 4.74 Å². The van der Waals surface area contributed by atoms with Crippen LogP contribution in [0.4, 0.5) is 0 Å². The fourth-order valence-corrected chi connectivity index (χ4v) is 2.07. The van der Waals surface area contributed by atoms with Gasteiger partial charge in [-0.15, -0.1) is 0 Å². The van der Waals surface area contributed by atoms with Crippen LogP contribution in [0.2, 0.25) is 0 Å². The van der Waals surface area contributed by atoms with Gasteiger partial charge in [0, 0.05) is 3.57 Å². The average Bonchev–Trinajstić information content (AvgIpc) is 2.25. The molecule has 0 bridgehead atoms. The molecule has 3 heteroatoms. The van der Waals surface area contributed by atoms with E-state index in [4.69, 9.17) is 4.74 Å². The number of hydrogen-bond donors (Lipinski definition) is 0. The lowest BCUT2D eigenvalue weighted by molar-refractivity contribution is -0.143. The lowest BCUT2D eigenvalue weighted by Gasteiger charge is -2.12. The first-order chi connectivity index (χ1) is 7.16. The van der Waals surface area contributed by atoms with Gasteiger partial charge >= 0.3 is 5.97 Å². The average molecular weight is 316 g/mol. The second kappa shape index (κ2) is 5.90. The van der Waals surface area contributed by atoms with Crippen LogP contribution in [0.15, 0.2) is 36.9 Å². The van der Waals surface area contributed by atoms with Crippen molar-refractivity contribution >= 4 is 28.6 Å². The standard InChI is InChI=1S/C12H13IO2/c1-3-8-15-12(14)9(2)10-6-4-5-7-11(10)13/h3-7,9H,1,8H2,2H3/t9-/m0/s1. The van der Waals surface area contributed by atoms with Gasteiger partial charge in [0.2, 0.25) is 0 Å². The molecular formula is C12H13IO2. The summed E-state index contributed by atoms with van der Waals surface area (Å²) in [6.45, 7) is 5.62. The minimum atomic E-state index is -0.224. The SMILES string of the molecule is C=CCOC(=O)[C@@H](C)c1ccccc1I. The highest BCUT2D eigenvalue weighted by Gasteiger charge is 2.18. The van der Waals surface area contributed by atoms with Crippen LogP contribution in [0.1, 0.15) is 18.4 Å². The summed E-state index contributed by atoms with van der Waals surface area (Å²) in [4.78, 5) is 11.6. The molecule has 0 fully saturated rings. The highest BCUT2D eigenvalue weighted by molar-refractivity contribution is 14.1. The molecule has 0 amide bonds. The molecule has 2 nitrogen and oxygen atoms in total. The van der Waals surface area contributed by atoms with E-state index < -0.39 is 0 Å². The van der Waals surface area contributed by atoms with Crippen molar-refractivity contribution < 1.29 is 9.53 Å². The molecule has 1 aromatic rings. The Labute approximate surface area is 103 Å². The van der Waals surface area contributed by atoms with Crippen molar-refractivity contribution in [3.05, 3.63) is 46.1 Å². The number of halogens is 1. The van der Waals surface area contributed by atoms with Crippen LogP contribution in [0, 0.1) is 3.57 Å². The summed E-state index contributed by atoms with van der Waals surface area (Å²) >= 11 is 2.22. The first-order valence-electron chi connectivity index (χ1n) is 4.68. The van der Waals surface area contributed by atoms with Crippen molar-refractivity contribution in [3.63, 3.8) is 0 Å². The lowest BCUT2D eigenvalue weighted by Crippen LogP contribution is -2.14. The van der Waals surface area contributed by atoms with E-state index in [-0.39, 0.29) is 18.5 Å². The molecule has 0 saturated heterocycles. The predicted molar refractivity (Wildman–Crippen MR) is 68.7 cm³/mol. The summed E-state index contributed by atoms with van der Waals surface area (Å²) < 4.78 is 6.08. The van der Waals surface area contributed by atoms with Gasteiger partial charge in [0.15, 0.2) is 0 Å². The molecule has 15 heavy (non-hydrogen) atoms.